The SMILES string of the molecule is CCn1cc(C(C)NC2CCN(S(=O)(=O)CC)CC2)cn1. The molecular weight excluding hydrogens is 288 g/mol. The Bertz CT molecular complexity index is 547. The second-order valence-electron chi connectivity index (χ2n) is 5.59. The molecule has 1 aromatic heterocycles. The minimum atomic E-state index is -3.03. The van der Waals surface area contributed by atoms with Crippen molar-refractivity contribution in [3.05, 3.63) is 18.0 Å². The van der Waals surface area contributed by atoms with Gasteiger partial charge in [0, 0.05) is 43.5 Å². The van der Waals surface area contributed by atoms with E-state index in [1.165, 1.54) is 5.56 Å². The number of aromatic nitrogens is 2. The fourth-order valence-electron chi connectivity index (χ4n) is 2.71. The van der Waals surface area contributed by atoms with E-state index in [1.807, 2.05) is 10.9 Å². The lowest BCUT2D eigenvalue weighted by molar-refractivity contribution is 0.277. The molecule has 6 nitrogen and oxygen atoms in total. The van der Waals surface area contributed by atoms with Crippen molar-refractivity contribution >= 4 is 10.0 Å². The van der Waals surface area contributed by atoms with Crippen LogP contribution in [0, 0.1) is 0 Å². The van der Waals surface area contributed by atoms with Crippen LogP contribution in [0.15, 0.2) is 12.4 Å². The van der Waals surface area contributed by atoms with E-state index in [2.05, 4.69) is 30.5 Å². The van der Waals surface area contributed by atoms with Gasteiger partial charge in [-0.3, -0.25) is 4.68 Å². The highest BCUT2D eigenvalue weighted by Gasteiger charge is 2.27. The monoisotopic (exact) mass is 314 g/mol. The van der Waals surface area contributed by atoms with Crippen molar-refractivity contribution in [1.29, 1.82) is 0 Å². The summed E-state index contributed by atoms with van der Waals surface area (Å²) < 4.78 is 27.2. The van der Waals surface area contributed by atoms with Gasteiger partial charge in [-0.1, -0.05) is 0 Å². The summed E-state index contributed by atoms with van der Waals surface area (Å²) in [7, 11) is -3.03. The van der Waals surface area contributed by atoms with Gasteiger partial charge in [0.25, 0.3) is 0 Å². The summed E-state index contributed by atoms with van der Waals surface area (Å²) in [5.74, 6) is 0.192. The Morgan fingerprint density at radius 1 is 1.38 bits per heavy atom. The molecule has 1 unspecified atom stereocenters. The molecule has 0 radical (unpaired) electrons. The Balaban J connectivity index is 1.86. The van der Waals surface area contributed by atoms with Crippen LogP contribution in [0.1, 0.15) is 45.2 Å². The summed E-state index contributed by atoms with van der Waals surface area (Å²) in [5.41, 5.74) is 1.18. The Hall–Kier alpha value is -0.920. The molecule has 1 aliphatic rings. The molecule has 1 aliphatic heterocycles. The highest BCUT2D eigenvalue weighted by atomic mass is 32.2. The number of rotatable bonds is 6. The molecule has 0 spiro atoms. The van der Waals surface area contributed by atoms with Crippen LogP contribution in [0.3, 0.4) is 0 Å². The molecule has 1 N–H and O–H groups in total. The molecule has 1 saturated heterocycles. The summed E-state index contributed by atoms with van der Waals surface area (Å²) in [4.78, 5) is 0. The summed E-state index contributed by atoms with van der Waals surface area (Å²) in [6.45, 7) is 8.02. The number of nitrogens with one attached hydrogen (secondary N) is 1. The molecule has 1 atom stereocenters. The fraction of sp³-hybridized carbons (Fsp3) is 0.786. The van der Waals surface area contributed by atoms with Crippen molar-refractivity contribution in [1.82, 2.24) is 19.4 Å². The van der Waals surface area contributed by atoms with E-state index in [0.29, 0.717) is 19.1 Å². The summed E-state index contributed by atoms with van der Waals surface area (Å²) >= 11 is 0. The largest absolute Gasteiger partial charge is 0.307 e. The smallest absolute Gasteiger partial charge is 0.213 e. The normalized spacial score (nSPS) is 19.8. The van der Waals surface area contributed by atoms with Crippen molar-refractivity contribution in [3.8, 4) is 0 Å². The van der Waals surface area contributed by atoms with Crippen LogP contribution in [0.2, 0.25) is 0 Å². The molecule has 1 fully saturated rings. The van der Waals surface area contributed by atoms with Gasteiger partial charge in [0.2, 0.25) is 10.0 Å². The minimum absolute atomic E-state index is 0.192. The van der Waals surface area contributed by atoms with E-state index in [0.717, 1.165) is 19.4 Å². The first-order chi connectivity index (χ1) is 9.96. The van der Waals surface area contributed by atoms with E-state index in [9.17, 15) is 8.42 Å². The summed E-state index contributed by atoms with van der Waals surface area (Å²) in [5, 5.41) is 7.88. The molecule has 1 aromatic rings. The van der Waals surface area contributed by atoms with Crippen molar-refractivity contribution in [2.75, 3.05) is 18.8 Å². The topological polar surface area (TPSA) is 67.2 Å². The lowest BCUT2D eigenvalue weighted by Gasteiger charge is -2.32. The van der Waals surface area contributed by atoms with Crippen LogP contribution >= 0.6 is 0 Å². The molecule has 0 aliphatic carbocycles. The number of sulfonamides is 1. The average molecular weight is 314 g/mol. The first-order valence-electron chi connectivity index (χ1n) is 7.72. The molecule has 7 heteroatoms. The number of hydrogen-bond donors (Lipinski definition) is 1. The van der Waals surface area contributed by atoms with Gasteiger partial charge in [-0.05, 0) is 33.6 Å². The highest BCUT2D eigenvalue weighted by molar-refractivity contribution is 7.89. The van der Waals surface area contributed by atoms with E-state index in [1.54, 1.807) is 11.2 Å². The molecule has 0 amide bonds. The van der Waals surface area contributed by atoms with Crippen LogP contribution in [-0.4, -0.2) is 47.4 Å². The van der Waals surface area contributed by atoms with E-state index < -0.39 is 10.0 Å². The predicted molar refractivity (Wildman–Crippen MR) is 83.5 cm³/mol. The molecular formula is C14H26N4O2S. The van der Waals surface area contributed by atoms with Crippen molar-refractivity contribution < 1.29 is 8.42 Å². The van der Waals surface area contributed by atoms with Crippen molar-refractivity contribution in [3.63, 3.8) is 0 Å². The number of hydrogen-bond acceptors (Lipinski definition) is 4. The number of piperidine rings is 1. The second kappa shape index (κ2) is 6.89. The first kappa shape index (κ1) is 16.5. The second-order valence-corrected chi connectivity index (χ2v) is 7.85. The van der Waals surface area contributed by atoms with Crippen LogP contribution < -0.4 is 5.32 Å². The third kappa shape index (κ3) is 4.05. The number of nitrogens with zero attached hydrogens (tertiary/aromatic N) is 3. The lowest BCUT2D eigenvalue weighted by atomic mass is 10.0. The van der Waals surface area contributed by atoms with Crippen molar-refractivity contribution in [2.24, 2.45) is 0 Å². The maximum atomic E-state index is 11.8. The van der Waals surface area contributed by atoms with Gasteiger partial charge in [0.05, 0.1) is 11.9 Å². The van der Waals surface area contributed by atoms with Gasteiger partial charge in [-0.25, -0.2) is 12.7 Å². The van der Waals surface area contributed by atoms with Gasteiger partial charge < -0.3 is 5.32 Å². The lowest BCUT2D eigenvalue weighted by Crippen LogP contribution is -2.45. The maximum Gasteiger partial charge on any atom is 0.213 e. The maximum absolute atomic E-state index is 11.8. The summed E-state index contributed by atoms with van der Waals surface area (Å²) in [6, 6.07) is 0.609. The van der Waals surface area contributed by atoms with Crippen LogP contribution in [-0.2, 0) is 16.6 Å². The quantitative estimate of drug-likeness (QED) is 0.861. The van der Waals surface area contributed by atoms with Gasteiger partial charge in [-0.15, -0.1) is 0 Å². The van der Waals surface area contributed by atoms with E-state index >= 15 is 0 Å². The third-order valence-corrected chi connectivity index (χ3v) is 6.06. The van der Waals surface area contributed by atoms with Crippen LogP contribution in [0.4, 0.5) is 0 Å². The molecule has 0 aromatic carbocycles. The Morgan fingerprint density at radius 2 is 2.05 bits per heavy atom. The highest BCUT2D eigenvalue weighted by Crippen LogP contribution is 2.18. The molecule has 2 heterocycles. The third-order valence-electron chi connectivity index (χ3n) is 4.18. The average Bonchev–Trinajstić information content (AvgIpc) is 2.97. The zero-order valence-corrected chi connectivity index (χ0v) is 13.9. The van der Waals surface area contributed by atoms with E-state index in [-0.39, 0.29) is 11.8 Å². The van der Waals surface area contributed by atoms with Crippen molar-refractivity contribution in [2.45, 2.75) is 52.2 Å². The first-order valence-corrected chi connectivity index (χ1v) is 9.33. The summed E-state index contributed by atoms with van der Waals surface area (Å²) in [6.07, 6.45) is 5.70. The molecule has 21 heavy (non-hydrogen) atoms. The van der Waals surface area contributed by atoms with Gasteiger partial charge in [0.1, 0.15) is 0 Å². The molecule has 0 bridgehead atoms. The van der Waals surface area contributed by atoms with E-state index in [4.69, 9.17) is 0 Å². The predicted octanol–water partition coefficient (Wildman–Crippen LogP) is 1.37. The molecule has 120 valence electrons. The van der Waals surface area contributed by atoms with Gasteiger partial charge in [-0.2, -0.15) is 5.10 Å². The van der Waals surface area contributed by atoms with Gasteiger partial charge >= 0.3 is 0 Å². The van der Waals surface area contributed by atoms with Crippen LogP contribution in [0.5, 0.6) is 0 Å². The zero-order chi connectivity index (χ0) is 15.5. The van der Waals surface area contributed by atoms with Gasteiger partial charge in [0.15, 0.2) is 0 Å². The standard InChI is InChI=1S/C14H26N4O2S/c1-4-17-11-13(10-15-17)12(3)16-14-6-8-18(9-7-14)21(19,20)5-2/h10-12,14,16H,4-9H2,1-3H3. The number of aryl methyl sites for hydroxylation is 1. The Kier molecular flexibility index (Phi) is 5.40. The Morgan fingerprint density at radius 3 is 2.57 bits per heavy atom. The fourth-order valence-corrected chi connectivity index (χ4v) is 3.84. The minimum Gasteiger partial charge on any atom is -0.307 e. The Labute approximate surface area is 127 Å². The molecule has 2 rings (SSSR count). The zero-order valence-electron chi connectivity index (χ0n) is 13.1. The van der Waals surface area contributed by atoms with Crippen LogP contribution in [0.25, 0.3) is 0 Å². The molecule has 0 saturated carbocycles.